The van der Waals surface area contributed by atoms with Crippen molar-refractivity contribution in [2.24, 2.45) is 0 Å². The molecule has 2 atom stereocenters. The normalized spacial score (nSPS) is 21.3. The van der Waals surface area contributed by atoms with Gasteiger partial charge in [-0.05, 0) is 47.6 Å². The minimum Gasteiger partial charge on any atom is -0.392 e. The zero-order valence-corrected chi connectivity index (χ0v) is 11.8. The lowest BCUT2D eigenvalue weighted by atomic mass is 9.81. The summed E-state index contributed by atoms with van der Waals surface area (Å²) >= 11 is 0. The second-order valence-corrected chi connectivity index (χ2v) is 5.66. The second kappa shape index (κ2) is 5.68. The third-order valence-electron chi connectivity index (χ3n) is 4.27. The lowest BCUT2D eigenvalue weighted by Crippen LogP contribution is -2.19. The molecule has 0 aliphatic heterocycles. The molecule has 1 aliphatic carbocycles. The van der Waals surface area contributed by atoms with E-state index in [2.05, 4.69) is 36.5 Å². The first-order valence-corrected chi connectivity index (χ1v) is 7.33. The molecule has 0 heterocycles. The van der Waals surface area contributed by atoms with Crippen LogP contribution in [-0.4, -0.2) is 5.11 Å². The quantitative estimate of drug-likeness (QED) is 0.872. The van der Waals surface area contributed by atoms with Crippen LogP contribution in [0.25, 0.3) is 0 Å². The Hall–Kier alpha value is -1.80. The van der Waals surface area contributed by atoms with Crippen LogP contribution in [0.3, 0.4) is 0 Å². The Kier molecular flexibility index (Phi) is 3.75. The van der Waals surface area contributed by atoms with Gasteiger partial charge in [-0.1, -0.05) is 43.3 Å². The van der Waals surface area contributed by atoms with Gasteiger partial charge in [0.1, 0.15) is 0 Å². The van der Waals surface area contributed by atoms with E-state index >= 15 is 0 Å². The molecule has 0 saturated carbocycles. The maximum absolute atomic E-state index is 9.09. The van der Waals surface area contributed by atoms with Crippen LogP contribution < -0.4 is 5.32 Å². The van der Waals surface area contributed by atoms with Crippen LogP contribution in [0, 0.1) is 0 Å². The Morgan fingerprint density at radius 3 is 2.40 bits per heavy atom. The SMILES string of the molecule is CC1CCC(Nc2ccc(CO)cc2)c2ccccc21. The first-order chi connectivity index (χ1) is 9.78. The van der Waals surface area contributed by atoms with Crippen LogP contribution in [0.5, 0.6) is 0 Å². The Bertz CT molecular complexity index is 576. The Balaban J connectivity index is 1.82. The third kappa shape index (κ3) is 2.56. The molecule has 2 unspecified atom stereocenters. The average Bonchev–Trinajstić information content (AvgIpc) is 2.51. The summed E-state index contributed by atoms with van der Waals surface area (Å²) < 4.78 is 0. The fourth-order valence-electron chi connectivity index (χ4n) is 3.06. The molecule has 0 fully saturated rings. The van der Waals surface area contributed by atoms with Crippen molar-refractivity contribution < 1.29 is 5.11 Å². The van der Waals surface area contributed by atoms with E-state index in [9.17, 15) is 0 Å². The van der Waals surface area contributed by atoms with E-state index < -0.39 is 0 Å². The van der Waals surface area contributed by atoms with Crippen LogP contribution in [0.2, 0.25) is 0 Å². The van der Waals surface area contributed by atoms with Crippen molar-refractivity contribution in [3.8, 4) is 0 Å². The summed E-state index contributed by atoms with van der Waals surface area (Å²) in [5.74, 6) is 0.654. The van der Waals surface area contributed by atoms with Crippen molar-refractivity contribution in [2.75, 3.05) is 5.32 Å². The number of nitrogens with one attached hydrogen (secondary N) is 1. The number of aliphatic hydroxyl groups is 1. The highest BCUT2D eigenvalue weighted by molar-refractivity contribution is 5.48. The van der Waals surface area contributed by atoms with E-state index in [1.807, 2.05) is 24.3 Å². The maximum Gasteiger partial charge on any atom is 0.0681 e. The molecule has 0 bridgehead atoms. The van der Waals surface area contributed by atoms with Gasteiger partial charge in [0.25, 0.3) is 0 Å². The van der Waals surface area contributed by atoms with Gasteiger partial charge in [0.2, 0.25) is 0 Å². The lowest BCUT2D eigenvalue weighted by Gasteiger charge is -2.31. The summed E-state index contributed by atoms with van der Waals surface area (Å²) in [7, 11) is 0. The maximum atomic E-state index is 9.09. The van der Waals surface area contributed by atoms with E-state index in [-0.39, 0.29) is 6.61 Å². The van der Waals surface area contributed by atoms with Crippen LogP contribution in [-0.2, 0) is 6.61 Å². The molecular weight excluding hydrogens is 246 g/mol. The minimum absolute atomic E-state index is 0.101. The second-order valence-electron chi connectivity index (χ2n) is 5.66. The summed E-state index contributed by atoms with van der Waals surface area (Å²) in [6.45, 7) is 2.41. The van der Waals surface area contributed by atoms with Gasteiger partial charge in [0.05, 0.1) is 12.6 Å². The molecular formula is C18H21NO. The van der Waals surface area contributed by atoms with Crippen LogP contribution >= 0.6 is 0 Å². The summed E-state index contributed by atoms with van der Waals surface area (Å²) in [5.41, 5.74) is 4.98. The number of anilines is 1. The number of aliphatic hydroxyl groups excluding tert-OH is 1. The summed E-state index contributed by atoms with van der Waals surface area (Å²) in [6.07, 6.45) is 2.39. The van der Waals surface area contributed by atoms with Crippen molar-refractivity contribution in [1.29, 1.82) is 0 Å². The molecule has 2 nitrogen and oxygen atoms in total. The smallest absolute Gasteiger partial charge is 0.0681 e. The minimum atomic E-state index is 0.101. The molecule has 0 saturated heterocycles. The molecule has 20 heavy (non-hydrogen) atoms. The number of hydrogen-bond acceptors (Lipinski definition) is 2. The van der Waals surface area contributed by atoms with Gasteiger partial charge in [-0.25, -0.2) is 0 Å². The van der Waals surface area contributed by atoms with Gasteiger partial charge < -0.3 is 10.4 Å². The van der Waals surface area contributed by atoms with Gasteiger partial charge >= 0.3 is 0 Å². The molecule has 0 amide bonds. The fraction of sp³-hybridized carbons (Fsp3) is 0.333. The zero-order valence-electron chi connectivity index (χ0n) is 11.8. The van der Waals surface area contributed by atoms with Gasteiger partial charge in [-0.2, -0.15) is 0 Å². The largest absolute Gasteiger partial charge is 0.392 e. The van der Waals surface area contributed by atoms with Crippen molar-refractivity contribution in [2.45, 2.75) is 38.3 Å². The molecule has 0 radical (unpaired) electrons. The topological polar surface area (TPSA) is 32.3 Å². The molecule has 0 spiro atoms. The predicted octanol–water partition coefficient (Wildman–Crippen LogP) is 4.23. The average molecular weight is 267 g/mol. The Labute approximate surface area is 120 Å². The predicted molar refractivity (Wildman–Crippen MR) is 82.8 cm³/mol. The standard InChI is InChI=1S/C18H21NO/c1-13-6-11-18(17-5-3-2-4-16(13)17)19-15-9-7-14(12-20)8-10-15/h2-5,7-10,13,18-20H,6,11-12H2,1H3. The summed E-state index contributed by atoms with van der Waals surface area (Å²) in [5, 5.41) is 12.7. The number of benzene rings is 2. The molecule has 1 aliphatic rings. The molecule has 2 heteroatoms. The molecule has 2 aromatic carbocycles. The molecule has 3 rings (SSSR count). The number of fused-ring (bicyclic) bond motifs is 1. The number of rotatable bonds is 3. The monoisotopic (exact) mass is 267 g/mol. The van der Waals surface area contributed by atoms with E-state index in [0.717, 1.165) is 11.3 Å². The molecule has 2 N–H and O–H groups in total. The number of hydrogen-bond donors (Lipinski definition) is 2. The lowest BCUT2D eigenvalue weighted by molar-refractivity contribution is 0.282. The van der Waals surface area contributed by atoms with Gasteiger partial charge in [-0.15, -0.1) is 0 Å². The van der Waals surface area contributed by atoms with Gasteiger partial charge in [0.15, 0.2) is 0 Å². The van der Waals surface area contributed by atoms with Crippen molar-refractivity contribution in [1.82, 2.24) is 0 Å². The van der Waals surface area contributed by atoms with Crippen LogP contribution in [0.15, 0.2) is 48.5 Å². The van der Waals surface area contributed by atoms with Crippen molar-refractivity contribution in [3.05, 3.63) is 65.2 Å². The molecule has 0 aromatic heterocycles. The fourth-order valence-corrected chi connectivity index (χ4v) is 3.06. The Morgan fingerprint density at radius 2 is 1.70 bits per heavy atom. The van der Waals surface area contributed by atoms with E-state index in [1.54, 1.807) is 0 Å². The molecule has 104 valence electrons. The first-order valence-electron chi connectivity index (χ1n) is 7.33. The molecule has 2 aromatic rings. The van der Waals surface area contributed by atoms with E-state index in [0.29, 0.717) is 12.0 Å². The van der Waals surface area contributed by atoms with Gasteiger partial charge in [-0.3, -0.25) is 0 Å². The van der Waals surface area contributed by atoms with Gasteiger partial charge in [0, 0.05) is 5.69 Å². The third-order valence-corrected chi connectivity index (χ3v) is 4.27. The van der Waals surface area contributed by atoms with Crippen molar-refractivity contribution in [3.63, 3.8) is 0 Å². The van der Waals surface area contributed by atoms with E-state index in [1.165, 1.54) is 24.0 Å². The highest BCUT2D eigenvalue weighted by Gasteiger charge is 2.23. The van der Waals surface area contributed by atoms with Crippen LogP contribution in [0.1, 0.15) is 48.4 Å². The summed E-state index contributed by atoms with van der Waals surface area (Å²) in [4.78, 5) is 0. The first kappa shape index (κ1) is 13.2. The van der Waals surface area contributed by atoms with E-state index in [4.69, 9.17) is 5.11 Å². The van der Waals surface area contributed by atoms with Crippen molar-refractivity contribution >= 4 is 5.69 Å². The highest BCUT2D eigenvalue weighted by Crippen LogP contribution is 2.38. The summed E-state index contributed by atoms with van der Waals surface area (Å²) in [6, 6.07) is 17.2. The Morgan fingerprint density at radius 1 is 1.00 bits per heavy atom. The highest BCUT2D eigenvalue weighted by atomic mass is 16.3. The van der Waals surface area contributed by atoms with Crippen LogP contribution in [0.4, 0.5) is 5.69 Å². The zero-order chi connectivity index (χ0) is 13.9.